The highest BCUT2D eigenvalue weighted by atomic mass is 32.1. The molecule has 0 unspecified atom stereocenters. The maximum atomic E-state index is 12.5. The standard InChI is InChI=1S/C12H15F3N4OS/c1-2-17-11-18-9(16)8(21-11)10(20)19-5-3-7(4-6-19)12(13,14)15/h3H,2,4-6,16H2,1H3,(H,17,18). The highest BCUT2D eigenvalue weighted by Crippen LogP contribution is 2.32. The molecule has 2 heterocycles. The molecule has 5 nitrogen and oxygen atoms in total. The van der Waals surface area contributed by atoms with E-state index in [1.165, 1.54) is 4.90 Å². The van der Waals surface area contributed by atoms with Crippen LogP contribution < -0.4 is 11.1 Å². The number of halogens is 3. The molecule has 1 amide bonds. The molecular weight excluding hydrogens is 305 g/mol. The summed E-state index contributed by atoms with van der Waals surface area (Å²) in [7, 11) is 0. The molecule has 0 saturated carbocycles. The molecule has 0 atom stereocenters. The number of anilines is 2. The smallest absolute Gasteiger partial charge is 0.382 e. The molecule has 0 radical (unpaired) electrons. The van der Waals surface area contributed by atoms with Gasteiger partial charge >= 0.3 is 6.18 Å². The van der Waals surface area contributed by atoms with Gasteiger partial charge in [0, 0.05) is 25.2 Å². The van der Waals surface area contributed by atoms with Crippen LogP contribution in [0.1, 0.15) is 23.0 Å². The number of amides is 1. The summed E-state index contributed by atoms with van der Waals surface area (Å²) < 4.78 is 37.6. The third-order valence-corrected chi connectivity index (χ3v) is 4.05. The van der Waals surface area contributed by atoms with Crippen LogP contribution in [-0.4, -0.2) is 41.6 Å². The van der Waals surface area contributed by atoms with Crippen molar-refractivity contribution >= 4 is 28.2 Å². The van der Waals surface area contributed by atoms with Gasteiger partial charge in [-0.15, -0.1) is 0 Å². The van der Waals surface area contributed by atoms with Crippen molar-refractivity contribution in [3.8, 4) is 0 Å². The fourth-order valence-corrected chi connectivity index (χ4v) is 2.89. The minimum Gasteiger partial charge on any atom is -0.382 e. The van der Waals surface area contributed by atoms with E-state index in [2.05, 4.69) is 10.3 Å². The van der Waals surface area contributed by atoms with E-state index in [4.69, 9.17) is 5.73 Å². The maximum Gasteiger partial charge on any atom is 0.412 e. The molecule has 1 aromatic rings. The van der Waals surface area contributed by atoms with Gasteiger partial charge in [0.15, 0.2) is 5.13 Å². The van der Waals surface area contributed by atoms with E-state index in [1.807, 2.05) is 6.92 Å². The Hall–Kier alpha value is -1.77. The zero-order valence-corrected chi connectivity index (χ0v) is 12.1. The number of nitrogens with zero attached hydrogens (tertiary/aromatic N) is 2. The van der Waals surface area contributed by atoms with Crippen LogP contribution in [0, 0.1) is 0 Å². The van der Waals surface area contributed by atoms with Gasteiger partial charge in [0.1, 0.15) is 10.7 Å². The molecule has 2 rings (SSSR count). The van der Waals surface area contributed by atoms with Gasteiger partial charge in [-0.2, -0.15) is 13.2 Å². The van der Waals surface area contributed by atoms with Gasteiger partial charge in [-0.05, 0) is 13.3 Å². The fraction of sp³-hybridized carbons (Fsp3) is 0.500. The highest BCUT2D eigenvalue weighted by Gasteiger charge is 2.36. The number of hydrogen-bond acceptors (Lipinski definition) is 5. The Balaban J connectivity index is 2.10. The lowest BCUT2D eigenvalue weighted by molar-refractivity contribution is -0.0957. The van der Waals surface area contributed by atoms with E-state index in [1.54, 1.807) is 0 Å². The van der Waals surface area contributed by atoms with Gasteiger partial charge in [-0.3, -0.25) is 4.79 Å². The van der Waals surface area contributed by atoms with Crippen molar-refractivity contribution in [2.45, 2.75) is 19.5 Å². The summed E-state index contributed by atoms with van der Waals surface area (Å²) in [6.07, 6.45) is -3.48. The molecule has 21 heavy (non-hydrogen) atoms. The number of hydrogen-bond donors (Lipinski definition) is 2. The lowest BCUT2D eigenvalue weighted by Gasteiger charge is -2.26. The summed E-state index contributed by atoms with van der Waals surface area (Å²) >= 11 is 1.11. The second kappa shape index (κ2) is 5.92. The van der Waals surface area contributed by atoms with Crippen LogP contribution in [0.2, 0.25) is 0 Å². The average molecular weight is 320 g/mol. The van der Waals surface area contributed by atoms with Crippen molar-refractivity contribution in [2.75, 3.05) is 30.7 Å². The molecule has 3 N–H and O–H groups in total. The Morgan fingerprint density at radius 3 is 2.81 bits per heavy atom. The van der Waals surface area contributed by atoms with Crippen molar-refractivity contribution < 1.29 is 18.0 Å². The third-order valence-electron chi connectivity index (χ3n) is 3.04. The molecule has 0 aliphatic carbocycles. The van der Waals surface area contributed by atoms with E-state index in [9.17, 15) is 18.0 Å². The summed E-state index contributed by atoms with van der Waals surface area (Å²) in [4.78, 5) is 17.9. The topological polar surface area (TPSA) is 71.2 Å². The summed E-state index contributed by atoms with van der Waals surface area (Å²) in [5.41, 5.74) is 5.11. The first-order chi connectivity index (χ1) is 9.82. The molecule has 0 bridgehead atoms. The fourth-order valence-electron chi connectivity index (χ4n) is 1.97. The van der Waals surface area contributed by atoms with Gasteiger partial charge in [0.05, 0.1) is 0 Å². The summed E-state index contributed by atoms with van der Waals surface area (Å²) in [6.45, 7) is 2.48. The van der Waals surface area contributed by atoms with Crippen molar-refractivity contribution in [1.29, 1.82) is 0 Å². The highest BCUT2D eigenvalue weighted by molar-refractivity contribution is 7.18. The predicted octanol–water partition coefficient (Wildman–Crippen LogP) is 2.49. The number of alkyl halides is 3. The Bertz CT molecular complexity index is 567. The number of carbonyl (C=O) groups is 1. The molecule has 0 spiro atoms. The van der Waals surface area contributed by atoms with Crippen molar-refractivity contribution in [3.63, 3.8) is 0 Å². The Labute approximate surface area is 123 Å². The summed E-state index contributed by atoms with van der Waals surface area (Å²) in [6, 6.07) is 0. The molecule has 1 aliphatic rings. The van der Waals surface area contributed by atoms with Crippen molar-refractivity contribution in [2.24, 2.45) is 0 Å². The Kier molecular flexibility index (Phi) is 4.40. The summed E-state index contributed by atoms with van der Waals surface area (Å²) in [5.74, 6) is -0.279. The zero-order valence-electron chi connectivity index (χ0n) is 11.3. The molecular formula is C12H15F3N4OS. The van der Waals surface area contributed by atoms with E-state index >= 15 is 0 Å². The number of rotatable bonds is 3. The van der Waals surface area contributed by atoms with E-state index in [0.29, 0.717) is 11.7 Å². The molecule has 0 aromatic carbocycles. The van der Waals surface area contributed by atoms with Crippen LogP contribution in [0.5, 0.6) is 0 Å². The summed E-state index contributed by atoms with van der Waals surface area (Å²) in [5, 5.41) is 3.48. The lowest BCUT2D eigenvalue weighted by Crippen LogP contribution is -2.36. The lowest BCUT2D eigenvalue weighted by atomic mass is 10.1. The normalized spacial score (nSPS) is 15.8. The number of nitrogens with one attached hydrogen (secondary N) is 1. The molecule has 0 saturated heterocycles. The molecule has 9 heteroatoms. The number of thiazole rings is 1. The van der Waals surface area contributed by atoms with Crippen LogP contribution in [0.15, 0.2) is 11.6 Å². The van der Waals surface area contributed by atoms with E-state index in [-0.39, 0.29) is 36.1 Å². The first kappa shape index (κ1) is 15.6. The van der Waals surface area contributed by atoms with Gasteiger partial charge in [0.25, 0.3) is 5.91 Å². The molecule has 1 aliphatic heterocycles. The van der Waals surface area contributed by atoms with Gasteiger partial charge in [-0.1, -0.05) is 17.4 Å². The zero-order chi connectivity index (χ0) is 15.6. The predicted molar refractivity (Wildman–Crippen MR) is 75.3 cm³/mol. The van der Waals surface area contributed by atoms with Gasteiger partial charge in [0.2, 0.25) is 0 Å². The van der Waals surface area contributed by atoms with Gasteiger partial charge < -0.3 is 16.0 Å². The van der Waals surface area contributed by atoms with Crippen LogP contribution in [-0.2, 0) is 0 Å². The largest absolute Gasteiger partial charge is 0.412 e. The van der Waals surface area contributed by atoms with Crippen molar-refractivity contribution in [1.82, 2.24) is 9.88 Å². The molecule has 0 fully saturated rings. The van der Waals surface area contributed by atoms with Crippen LogP contribution in [0.3, 0.4) is 0 Å². The number of carbonyl (C=O) groups excluding carboxylic acids is 1. The average Bonchev–Trinajstić information content (AvgIpc) is 2.78. The number of nitrogen functional groups attached to an aromatic ring is 1. The first-order valence-electron chi connectivity index (χ1n) is 6.38. The quantitative estimate of drug-likeness (QED) is 0.840. The van der Waals surface area contributed by atoms with Crippen LogP contribution in [0.4, 0.5) is 24.1 Å². The minimum atomic E-state index is -4.32. The first-order valence-corrected chi connectivity index (χ1v) is 7.20. The van der Waals surface area contributed by atoms with E-state index in [0.717, 1.165) is 17.4 Å². The number of nitrogens with two attached hydrogens (primary N) is 1. The maximum absolute atomic E-state index is 12.5. The van der Waals surface area contributed by atoms with Crippen LogP contribution >= 0.6 is 11.3 Å². The van der Waals surface area contributed by atoms with Gasteiger partial charge in [-0.25, -0.2) is 4.98 Å². The number of aromatic nitrogens is 1. The van der Waals surface area contributed by atoms with Crippen LogP contribution in [0.25, 0.3) is 0 Å². The van der Waals surface area contributed by atoms with E-state index < -0.39 is 11.7 Å². The Morgan fingerprint density at radius 1 is 1.57 bits per heavy atom. The molecule has 1 aromatic heterocycles. The minimum absolute atomic E-state index is 0.0258. The van der Waals surface area contributed by atoms with Crippen molar-refractivity contribution in [3.05, 3.63) is 16.5 Å². The second-order valence-corrected chi connectivity index (χ2v) is 5.49. The third kappa shape index (κ3) is 3.46. The monoisotopic (exact) mass is 320 g/mol. The Morgan fingerprint density at radius 2 is 2.29 bits per heavy atom. The SMILES string of the molecule is CCNc1nc(N)c(C(=O)N2CC=C(C(F)(F)F)CC2)s1. The second-order valence-electron chi connectivity index (χ2n) is 4.49. The molecule has 116 valence electrons.